The largest absolute Gasteiger partial charge is 0.463 e. The molecule has 1 atom stereocenters. The van der Waals surface area contributed by atoms with Gasteiger partial charge in [0.05, 0.1) is 18.2 Å². The van der Waals surface area contributed by atoms with Crippen LogP contribution in [0.15, 0.2) is 35.5 Å². The number of nitrogens with zero attached hydrogens (tertiary/aromatic N) is 3. The first-order valence-corrected chi connectivity index (χ1v) is 12.4. The minimum atomic E-state index is -0.568. The van der Waals surface area contributed by atoms with Crippen LogP contribution in [0.2, 0.25) is 0 Å². The predicted octanol–water partition coefficient (Wildman–Crippen LogP) is 2.84. The lowest BCUT2D eigenvalue weighted by atomic mass is 9.84. The van der Waals surface area contributed by atoms with E-state index < -0.39 is 12.0 Å². The number of carbonyl (C=O) groups excluding carboxylic acids is 3. The number of hydrogen-bond donors (Lipinski definition) is 1. The summed E-state index contributed by atoms with van der Waals surface area (Å²) in [6.45, 7) is 7.44. The summed E-state index contributed by atoms with van der Waals surface area (Å²) in [7, 11) is 1.70. The van der Waals surface area contributed by atoms with E-state index in [-0.39, 0.29) is 24.5 Å². The van der Waals surface area contributed by atoms with E-state index >= 15 is 0 Å². The Bertz CT molecular complexity index is 971. The summed E-state index contributed by atoms with van der Waals surface area (Å²) in [5.41, 5.74) is 3.04. The molecule has 1 N–H and O–H groups in total. The normalized spacial score (nSPS) is 22.2. The van der Waals surface area contributed by atoms with Crippen LogP contribution >= 0.6 is 0 Å². The maximum absolute atomic E-state index is 13.2. The third-order valence-electron chi connectivity index (χ3n) is 7.18. The average Bonchev–Trinajstić information content (AvgIpc) is 3.01. The topological polar surface area (TPSA) is 82.2 Å². The molecule has 4 rings (SSSR count). The molecule has 2 aliphatic heterocycles. The van der Waals surface area contributed by atoms with Crippen molar-refractivity contribution < 1.29 is 19.1 Å². The molecular formula is C26H36N4O4. The number of benzene rings is 1. The summed E-state index contributed by atoms with van der Waals surface area (Å²) in [6, 6.07) is 7.02. The molecule has 0 bridgehead atoms. The highest BCUT2D eigenvalue weighted by molar-refractivity contribution is 5.95. The zero-order chi connectivity index (χ0) is 24.2. The Morgan fingerprint density at radius 1 is 1.12 bits per heavy atom. The summed E-state index contributed by atoms with van der Waals surface area (Å²) in [5, 5.41) is 2.98. The van der Waals surface area contributed by atoms with Crippen molar-refractivity contribution in [1.29, 1.82) is 0 Å². The van der Waals surface area contributed by atoms with Gasteiger partial charge >= 0.3 is 12.0 Å². The number of rotatable bonds is 6. The van der Waals surface area contributed by atoms with E-state index in [0.717, 1.165) is 49.9 Å². The minimum absolute atomic E-state index is 0.202. The third-order valence-corrected chi connectivity index (χ3v) is 7.18. The summed E-state index contributed by atoms with van der Waals surface area (Å²) in [4.78, 5) is 44.6. The molecule has 184 valence electrons. The zero-order valence-electron chi connectivity index (χ0n) is 20.5. The molecular weight excluding hydrogens is 432 g/mol. The second-order valence-electron chi connectivity index (χ2n) is 9.52. The fourth-order valence-electron chi connectivity index (χ4n) is 4.97. The van der Waals surface area contributed by atoms with Gasteiger partial charge in [-0.2, -0.15) is 0 Å². The van der Waals surface area contributed by atoms with Gasteiger partial charge in [0, 0.05) is 51.4 Å². The van der Waals surface area contributed by atoms with E-state index in [4.69, 9.17) is 4.74 Å². The van der Waals surface area contributed by atoms with Crippen LogP contribution < -0.4 is 5.32 Å². The Labute approximate surface area is 201 Å². The number of nitrogens with one attached hydrogen (secondary N) is 1. The molecule has 1 saturated heterocycles. The van der Waals surface area contributed by atoms with Gasteiger partial charge in [0.1, 0.15) is 0 Å². The highest BCUT2D eigenvalue weighted by atomic mass is 16.5. The number of amides is 3. The summed E-state index contributed by atoms with van der Waals surface area (Å²) in [6.07, 6.45) is 4.04. The number of aryl methyl sites for hydroxylation is 1. The van der Waals surface area contributed by atoms with E-state index in [1.54, 1.807) is 14.0 Å². The van der Waals surface area contributed by atoms with Crippen LogP contribution in [0, 0.1) is 12.8 Å². The molecule has 1 aromatic carbocycles. The zero-order valence-corrected chi connectivity index (χ0v) is 20.5. The summed E-state index contributed by atoms with van der Waals surface area (Å²) < 4.78 is 5.44. The van der Waals surface area contributed by atoms with Crippen molar-refractivity contribution in [2.75, 3.05) is 46.4 Å². The molecule has 8 heteroatoms. The van der Waals surface area contributed by atoms with Gasteiger partial charge < -0.3 is 15.0 Å². The van der Waals surface area contributed by atoms with Crippen molar-refractivity contribution in [3.63, 3.8) is 0 Å². The van der Waals surface area contributed by atoms with Gasteiger partial charge in [-0.3, -0.25) is 14.6 Å². The maximum atomic E-state index is 13.2. The molecule has 2 fully saturated rings. The molecule has 0 aromatic heterocycles. The smallest absolute Gasteiger partial charge is 0.338 e. The number of ether oxygens (including phenoxy) is 1. The first-order chi connectivity index (χ1) is 16.4. The quantitative estimate of drug-likeness (QED) is 0.650. The van der Waals surface area contributed by atoms with E-state index in [1.165, 1.54) is 4.90 Å². The van der Waals surface area contributed by atoms with E-state index in [2.05, 4.69) is 10.2 Å². The lowest BCUT2D eigenvalue weighted by Crippen LogP contribution is -2.49. The van der Waals surface area contributed by atoms with Crippen LogP contribution in [0.25, 0.3) is 0 Å². The monoisotopic (exact) mass is 468 g/mol. The van der Waals surface area contributed by atoms with Crippen LogP contribution in [-0.4, -0.2) is 79.0 Å². The van der Waals surface area contributed by atoms with E-state index in [0.29, 0.717) is 30.9 Å². The SMILES string of the molecule is CCOC(=O)C1=C(CN2CCCN(C(=O)C3CCC3)CC2)N(C)C(=O)N[C@H]1c1cccc(C)c1. The van der Waals surface area contributed by atoms with E-state index in [9.17, 15) is 14.4 Å². The highest BCUT2D eigenvalue weighted by Crippen LogP contribution is 2.32. The van der Waals surface area contributed by atoms with Crippen LogP contribution in [-0.2, 0) is 14.3 Å². The minimum Gasteiger partial charge on any atom is -0.463 e. The average molecular weight is 469 g/mol. The molecule has 1 aliphatic carbocycles. The van der Waals surface area contributed by atoms with Gasteiger partial charge in [-0.25, -0.2) is 9.59 Å². The van der Waals surface area contributed by atoms with Crippen molar-refractivity contribution in [3.05, 3.63) is 46.7 Å². The number of urea groups is 1. The summed E-state index contributed by atoms with van der Waals surface area (Å²) in [5.74, 6) is 0.0774. The second kappa shape index (κ2) is 10.6. The van der Waals surface area contributed by atoms with E-state index in [1.807, 2.05) is 36.1 Å². The molecule has 8 nitrogen and oxygen atoms in total. The third kappa shape index (κ3) is 5.12. The molecule has 1 aromatic rings. The van der Waals surface area contributed by atoms with Gasteiger partial charge in [-0.05, 0) is 38.7 Å². The van der Waals surface area contributed by atoms with Crippen LogP contribution in [0.5, 0.6) is 0 Å². The number of carbonyl (C=O) groups is 3. The van der Waals surface area contributed by atoms with Crippen LogP contribution in [0.4, 0.5) is 4.79 Å². The molecule has 2 heterocycles. The first kappa shape index (κ1) is 24.3. The van der Waals surface area contributed by atoms with Gasteiger partial charge in [0.25, 0.3) is 0 Å². The Morgan fingerprint density at radius 3 is 2.59 bits per heavy atom. The van der Waals surface area contributed by atoms with Gasteiger partial charge in [-0.1, -0.05) is 36.2 Å². The van der Waals surface area contributed by atoms with Crippen molar-refractivity contribution in [1.82, 2.24) is 20.0 Å². The van der Waals surface area contributed by atoms with Gasteiger partial charge in [0.2, 0.25) is 5.91 Å². The second-order valence-corrected chi connectivity index (χ2v) is 9.52. The van der Waals surface area contributed by atoms with Crippen molar-refractivity contribution in [3.8, 4) is 0 Å². The Morgan fingerprint density at radius 2 is 1.91 bits per heavy atom. The first-order valence-electron chi connectivity index (χ1n) is 12.4. The van der Waals surface area contributed by atoms with Crippen LogP contribution in [0.3, 0.4) is 0 Å². The Kier molecular flexibility index (Phi) is 7.56. The molecule has 1 saturated carbocycles. The molecule has 0 radical (unpaired) electrons. The predicted molar refractivity (Wildman–Crippen MR) is 129 cm³/mol. The number of likely N-dealkylation sites (N-methyl/N-ethyl adjacent to an activating group) is 1. The lowest BCUT2D eigenvalue weighted by molar-refractivity contribution is -0.139. The molecule has 3 aliphatic rings. The van der Waals surface area contributed by atoms with Gasteiger partial charge in [-0.15, -0.1) is 0 Å². The van der Waals surface area contributed by atoms with Crippen molar-refractivity contribution in [2.45, 2.75) is 45.6 Å². The Balaban J connectivity index is 1.60. The Hall–Kier alpha value is -2.87. The van der Waals surface area contributed by atoms with Crippen molar-refractivity contribution in [2.24, 2.45) is 5.92 Å². The highest BCUT2D eigenvalue weighted by Gasteiger charge is 2.38. The fourth-order valence-corrected chi connectivity index (χ4v) is 4.97. The summed E-state index contributed by atoms with van der Waals surface area (Å²) >= 11 is 0. The molecule has 34 heavy (non-hydrogen) atoms. The molecule has 3 amide bonds. The maximum Gasteiger partial charge on any atom is 0.338 e. The van der Waals surface area contributed by atoms with Gasteiger partial charge in [0.15, 0.2) is 0 Å². The molecule has 0 unspecified atom stereocenters. The standard InChI is InChI=1S/C26H36N4O4/c1-4-34-25(32)22-21(28(3)26(33)27-23(22)20-11-5-8-18(2)16-20)17-29-12-7-13-30(15-14-29)24(31)19-9-6-10-19/h5,8,11,16,19,23H,4,6-7,9-10,12-15,17H2,1-3H3,(H,27,33)/t23-/m0/s1. The number of esters is 1. The van der Waals surface area contributed by atoms with Crippen LogP contribution in [0.1, 0.15) is 49.8 Å². The lowest BCUT2D eigenvalue weighted by Gasteiger charge is -2.36. The fraction of sp³-hybridized carbons (Fsp3) is 0.577. The van der Waals surface area contributed by atoms with Crippen molar-refractivity contribution >= 4 is 17.9 Å². The molecule has 0 spiro atoms. The number of hydrogen-bond acceptors (Lipinski definition) is 5.